The molecular formula is C21H29NO5. The van der Waals surface area contributed by atoms with Gasteiger partial charge in [-0.25, -0.2) is 0 Å². The number of rotatable bonds is 7. The highest BCUT2D eigenvalue weighted by atomic mass is 16.5. The number of benzene rings is 1. The average molecular weight is 375 g/mol. The largest absolute Gasteiger partial charge is 0.496 e. The number of aryl methyl sites for hydroxylation is 1. The molecule has 1 heterocycles. The van der Waals surface area contributed by atoms with Crippen molar-refractivity contribution in [3.63, 3.8) is 0 Å². The van der Waals surface area contributed by atoms with Crippen LogP contribution in [0.5, 0.6) is 11.5 Å². The minimum atomic E-state index is -0.709. The number of hydrogen-bond donors (Lipinski definition) is 0. The van der Waals surface area contributed by atoms with E-state index in [0.717, 1.165) is 11.1 Å². The van der Waals surface area contributed by atoms with Crippen LogP contribution in [0.2, 0.25) is 0 Å². The molecule has 27 heavy (non-hydrogen) atoms. The lowest BCUT2D eigenvalue weighted by molar-refractivity contribution is -0.141. The first-order valence-corrected chi connectivity index (χ1v) is 9.26. The van der Waals surface area contributed by atoms with Gasteiger partial charge in [-0.15, -0.1) is 0 Å². The normalized spacial score (nSPS) is 17.7. The zero-order chi connectivity index (χ0) is 20.2. The Morgan fingerprint density at radius 3 is 2.44 bits per heavy atom. The van der Waals surface area contributed by atoms with Crippen LogP contribution in [0.3, 0.4) is 0 Å². The smallest absolute Gasteiger partial charge is 0.305 e. The summed E-state index contributed by atoms with van der Waals surface area (Å²) in [5.41, 5.74) is 1.43. The van der Waals surface area contributed by atoms with Gasteiger partial charge in [0.2, 0.25) is 0 Å². The van der Waals surface area contributed by atoms with Crippen LogP contribution in [0.1, 0.15) is 55.1 Å². The lowest BCUT2D eigenvalue weighted by atomic mass is 9.92. The maximum atomic E-state index is 13.1. The molecule has 148 valence electrons. The van der Waals surface area contributed by atoms with Gasteiger partial charge in [0, 0.05) is 25.9 Å². The average Bonchev–Trinajstić information content (AvgIpc) is 2.66. The molecule has 0 spiro atoms. The van der Waals surface area contributed by atoms with Crippen LogP contribution >= 0.6 is 0 Å². The molecular weight excluding hydrogens is 346 g/mol. The van der Waals surface area contributed by atoms with Crippen molar-refractivity contribution >= 4 is 18.0 Å². The van der Waals surface area contributed by atoms with Gasteiger partial charge in [-0.2, -0.15) is 0 Å². The number of hydrogen-bond acceptors (Lipinski definition) is 5. The van der Waals surface area contributed by atoms with Gasteiger partial charge < -0.3 is 19.1 Å². The summed E-state index contributed by atoms with van der Waals surface area (Å²) < 4.78 is 16.6. The van der Waals surface area contributed by atoms with Crippen LogP contribution in [0.25, 0.3) is 6.08 Å². The van der Waals surface area contributed by atoms with Crippen molar-refractivity contribution < 1.29 is 23.8 Å². The first-order valence-electron chi connectivity index (χ1n) is 9.26. The number of ether oxygens (including phenoxy) is 3. The maximum absolute atomic E-state index is 13.1. The van der Waals surface area contributed by atoms with E-state index in [9.17, 15) is 9.59 Å². The minimum absolute atomic E-state index is 0.0763. The highest BCUT2D eigenvalue weighted by Crippen LogP contribution is 2.43. The number of fused-ring (bicyclic) bond motifs is 1. The molecule has 1 unspecified atom stereocenters. The van der Waals surface area contributed by atoms with E-state index in [4.69, 9.17) is 14.2 Å². The molecule has 0 fully saturated rings. The van der Waals surface area contributed by atoms with Crippen LogP contribution in [0.4, 0.5) is 0 Å². The lowest BCUT2D eigenvalue weighted by Gasteiger charge is -2.34. The van der Waals surface area contributed by atoms with Crippen molar-refractivity contribution in [3.8, 4) is 11.5 Å². The van der Waals surface area contributed by atoms with Gasteiger partial charge in [-0.05, 0) is 51.5 Å². The molecule has 6 nitrogen and oxygen atoms in total. The van der Waals surface area contributed by atoms with Gasteiger partial charge in [-0.1, -0.05) is 0 Å². The molecule has 6 heteroatoms. The molecule has 1 aromatic carbocycles. The van der Waals surface area contributed by atoms with Gasteiger partial charge in [-0.3, -0.25) is 9.59 Å². The highest BCUT2D eigenvalue weighted by molar-refractivity contribution is 5.99. The molecule has 0 N–H and O–H groups in total. The summed E-state index contributed by atoms with van der Waals surface area (Å²) in [7, 11) is 2.97. The summed E-state index contributed by atoms with van der Waals surface area (Å²) >= 11 is 0. The Morgan fingerprint density at radius 1 is 1.22 bits per heavy atom. The molecule has 0 aliphatic carbocycles. The second kappa shape index (κ2) is 8.46. The van der Waals surface area contributed by atoms with Gasteiger partial charge in [0.1, 0.15) is 17.1 Å². The number of amides is 1. The van der Waals surface area contributed by atoms with Crippen LogP contribution < -0.4 is 9.47 Å². The van der Waals surface area contributed by atoms with Crippen LogP contribution in [0, 0.1) is 6.92 Å². The zero-order valence-electron chi connectivity index (χ0n) is 17.0. The van der Waals surface area contributed by atoms with Gasteiger partial charge in [0.25, 0.3) is 5.91 Å². The van der Waals surface area contributed by atoms with Crippen molar-refractivity contribution in [2.24, 2.45) is 0 Å². The number of methoxy groups -OCH3 is 2. The fourth-order valence-electron chi connectivity index (χ4n) is 3.29. The van der Waals surface area contributed by atoms with Crippen molar-refractivity contribution in [2.75, 3.05) is 27.3 Å². The van der Waals surface area contributed by atoms with Crippen molar-refractivity contribution in [1.82, 2.24) is 4.90 Å². The Bertz CT molecular complexity index is 751. The maximum Gasteiger partial charge on any atom is 0.305 e. The summed E-state index contributed by atoms with van der Waals surface area (Å²) in [6.45, 7) is 8.94. The molecule has 1 aliphatic heterocycles. The molecule has 1 amide bonds. The third kappa shape index (κ3) is 4.26. The fraction of sp³-hybridized carbons (Fsp3) is 0.524. The first-order chi connectivity index (χ1) is 12.8. The van der Waals surface area contributed by atoms with E-state index in [-0.39, 0.29) is 18.3 Å². The Labute approximate surface area is 161 Å². The van der Waals surface area contributed by atoms with E-state index in [1.807, 2.05) is 45.9 Å². The molecule has 0 saturated heterocycles. The van der Waals surface area contributed by atoms with Crippen LogP contribution in [-0.4, -0.2) is 49.7 Å². The Kier molecular flexibility index (Phi) is 6.52. The van der Waals surface area contributed by atoms with E-state index in [1.54, 1.807) is 12.0 Å². The number of nitrogens with zero attached hydrogens (tertiary/aromatic N) is 1. The van der Waals surface area contributed by atoms with E-state index < -0.39 is 5.60 Å². The molecule has 1 atom stereocenters. The molecule has 1 aromatic rings. The Morgan fingerprint density at radius 2 is 1.89 bits per heavy atom. The quantitative estimate of drug-likeness (QED) is 0.681. The number of carbonyl (C=O) groups is 2. The number of carbonyl (C=O) groups excluding carboxylic acids is 2. The third-order valence-corrected chi connectivity index (χ3v) is 4.93. The predicted octanol–water partition coefficient (Wildman–Crippen LogP) is 3.60. The second-order valence-corrected chi connectivity index (χ2v) is 6.82. The third-order valence-electron chi connectivity index (χ3n) is 4.93. The molecule has 2 rings (SSSR count). The van der Waals surface area contributed by atoms with Crippen LogP contribution in [0.15, 0.2) is 12.1 Å². The van der Waals surface area contributed by atoms with Gasteiger partial charge in [0.05, 0.1) is 25.3 Å². The molecule has 0 bridgehead atoms. The number of esters is 1. The summed E-state index contributed by atoms with van der Waals surface area (Å²) in [6, 6.07) is 1.82. The summed E-state index contributed by atoms with van der Waals surface area (Å²) in [5.74, 6) is 0.823. The van der Waals surface area contributed by atoms with Gasteiger partial charge in [0.15, 0.2) is 0 Å². The molecule has 0 aromatic heterocycles. The van der Waals surface area contributed by atoms with E-state index in [1.165, 1.54) is 7.11 Å². The lowest BCUT2D eigenvalue weighted by Crippen LogP contribution is -2.36. The Balaban J connectivity index is 2.50. The molecule has 1 aliphatic rings. The topological polar surface area (TPSA) is 65.1 Å². The zero-order valence-corrected chi connectivity index (χ0v) is 17.0. The second-order valence-electron chi connectivity index (χ2n) is 6.82. The van der Waals surface area contributed by atoms with E-state index >= 15 is 0 Å². The Hall–Kier alpha value is -2.50. The van der Waals surface area contributed by atoms with Crippen molar-refractivity contribution in [2.45, 2.75) is 46.1 Å². The van der Waals surface area contributed by atoms with E-state index in [0.29, 0.717) is 36.6 Å². The monoisotopic (exact) mass is 375 g/mol. The van der Waals surface area contributed by atoms with E-state index in [2.05, 4.69) is 0 Å². The first kappa shape index (κ1) is 20.8. The summed E-state index contributed by atoms with van der Waals surface area (Å²) in [6.07, 6.45) is 4.51. The van der Waals surface area contributed by atoms with Crippen LogP contribution in [-0.2, 0) is 9.53 Å². The molecule has 0 radical (unpaired) electrons. The summed E-state index contributed by atoms with van der Waals surface area (Å²) in [5, 5.41) is 0. The molecule has 0 saturated carbocycles. The van der Waals surface area contributed by atoms with Crippen molar-refractivity contribution in [1.29, 1.82) is 0 Å². The van der Waals surface area contributed by atoms with Gasteiger partial charge >= 0.3 is 5.97 Å². The predicted molar refractivity (Wildman–Crippen MR) is 104 cm³/mol. The SMILES string of the molecule is CCN(CC)C(=O)c1cc(C)c(OC)c2c1OC(C)(CCC(=O)OC)C=C2. The summed E-state index contributed by atoms with van der Waals surface area (Å²) in [4.78, 5) is 26.4. The highest BCUT2D eigenvalue weighted by Gasteiger charge is 2.34. The fourth-order valence-corrected chi connectivity index (χ4v) is 3.29. The van der Waals surface area contributed by atoms with Crippen molar-refractivity contribution in [3.05, 3.63) is 28.8 Å². The minimum Gasteiger partial charge on any atom is -0.496 e. The standard InChI is InChI=1S/C21H29NO5/c1-7-22(8-2)20(24)16-13-14(3)18(26-6)15-9-11-21(4,27-19(15)16)12-10-17(23)25-5/h9,11,13H,7-8,10,12H2,1-6H3.